The number of hydrogen-bond acceptors (Lipinski definition) is 6. The Morgan fingerprint density at radius 2 is 1.74 bits per heavy atom. The maximum atomic E-state index is 13.3. The van der Waals surface area contributed by atoms with Gasteiger partial charge in [-0.05, 0) is 31.0 Å². The van der Waals surface area contributed by atoms with Crippen LogP contribution in [0.4, 0.5) is 0 Å². The summed E-state index contributed by atoms with van der Waals surface area (Å²) < 4.78 is 6.74. The van der Waals surface area contributed by atoms with Gasteiger partial charge in [0.1, 0.15) is 10.6 Å². The van der Waals surface area contributed by atoms with Crippen LogP contribution >= 0.6 is 11.3 Å². The van der Waals surface area contributed by atoms with E-state index in [1.54, 1.807) is 43.0 Å². The van der Waals surface area contributed by atoms with Crippen molar-refractivity contribution in [3.05, 3.63) is 57.0 Å². The molecule has 0 radical (unpaired) electrons. The van der Waals surface area contributed by atoms with Crippen molar-refractivity contribution in [1.29, 1.82) is 0 Å². The van der Waals surface area contributed by atoms with E-state index in [1.807, 2.05) is 12.1 Å². The molecule has 3 aromatic rings. The Morgan fingerprint density at radius 1 is 1.06 bits per heavy atom. The molecule has 0 saturated carbocycles. The van der Waals surface area contributed by atoms with Gasteiger partial charge in [-0.1, -0.05) is 12.1 Å². The van der Waals surface area contributed by atoms with Gasteiger partial charge < -0.3 is 19.1 Å². The number of carbonyl (C=O) groups is 2. The highest BCUT2D eigenvalue weighted by molar-refractivity contribution is 7.20. The van der Waals surface area contributed by atoms with Crippen LogP contribution in [0.3, 0.4) is 0 Å². The lowest BCUT2D eigenvalue weighted by Crippen LogP contribution is -2.37. The van der Waals surface area contributed by atoms with Gasteiger partial charge in [0, 0.05) is 33.2 Å². The van der Waals surface area contributed by atoms with Crippen molar-refractivity contribution < 1.29 is 14.3 Å². The van der Waals surface area contributed by atoms with Crippen LogP contribution in [0.25, 0.3) is 10.2 Å². The predicted molar refractivity (Wildman–Crippen MR) is 119 cm³/mol. The fourth-order valence-corrected chi connectivity index (χ4v) is 4.98. The first-order chi connectivity index (χ1) is 14.9. The van der Waals surface area contributed by atoms with Crippen LogP contribution in [0.5, 0.6) is 5.75 Å². The molecule has 1 aliphatic rings. The van der Waals surface area contributed by atoms with E-state index in [4.69, 9.17) is 4.74 Å². The number of hydrogen-bond donors (Lipinski definition) is 0. The summed E-state index contributed by atoms with van der Waals surface area (Å²) in [6, 6.07) is 7.16. The molecule has 1 aromatic carbocycles. The summed E-state index contributed by atoms with van der Waals surface area (Å²) in [5.41, 5.74) is 1.04. The van der Waals surface area contributed by atoms with Gasteiger partial charge in [0.15, 0.2) is 0 Å². The Morgan fingerprint density at radius 3 is 2.45 bits per heavy atom. The third-order valence-electron chi connectivity index (χ3n) is 5.61. The molecule has 0 bridgehead atoms. The third kappa shape index (κ3) is 3.81. The smallest absolute Gasteiger partial charge is 0.264 e. The zero-order valence-electron chi connectivity index (χ0n) is 17.8. The van der Waals surface area contributed by atoms with Gasteiger partial charge in [0.05, 0.1) is 29.3 Å². The standard InChI is InChI=1S/C22H24N4O4S/c1-14-17-19(23-13-24(2)21(17)28)31-18(14)22(29)26-10-6-9-25(11-12-26)20(27)15-7-4-5-8-16(15)30-3/h4-5,7-8,13H,6,9-12H2,1-3H3. The SMILES string of the molecule is COc1ccccc1C(=O)N1CCCN(C(=O)c2sc3ncn(C)c(=O)c3c2C)CC1. The van der Waals surface area contributed by atoms with Crippen LogP contribution in [0.1, 0.15) is 32.0 Å². The number of carbonyl (C=O) groups excluding carboxylic acids is 2. The molecule has 2 amide bonds. The van der Waals surface area contributed by atoms with Gasteiger partial charge in [0.25, 0.3) is 17.4 Å². The molecule has 0 spiro atoms. The highest BCUT2D eigenvalue weighted by Crippen LogP contribution is 2.28. The number of thiophene rings is 1. The molecule has 162 valence electrons. The van der Waals surface area contributed by atoms with Gasteiger partial charge >= 0.3 is 0 Å². The van der Waals surface area contributed by atoms with Gasteiger partial charge in [0.2, 0.25) is 0 Å². The normalized spacial score (nSPS) is 14.5. The number of nitrogens with zero attached hydrogens (tertiary/aromatic N) is 4. The van der Waals surface area contributed by atoms with Crippen molar-refractivity contribution in [2.24, 2.45) is 7.05 Å². The topological polar surface area (TPSA) is 84.7 Å². The number of ether oxygens (including phenoxy) is 1. The molecule has 1 saturated heterocycles. The van der Waals surface area contributed by atoms with Crippen LogP contribution in [-0.4, -0.2) is 64.5 Å². The van der Waals surface area contributed by atoms with Crippen molar-refractivity contribution in [3.8, 4) is 5.75 Å². The van der Waals surface area contributed by atoms with Gasteiger partial charge in [-0.25, -0.2) is 4.98 Å². The lowest BCUT2D eigenvalue weighted by atomic mass is 10.1. The highest BCUT2D eigenvalue weighted by atomic mass is 32.1. The van der Waals surface area contributed by atoms with E-state index >= 15 is 0 Å². The molecule has 1 aliphatic heterocycles. The largest absolute Gasteiger partial charge is 0.496 e. The molecule has 3 heterocycles. The quantitative estimate of drug-likeness (QED) is 0.624. The molecule has 0 atom stereocenters. The second-order valence-electron chi connectivity index (χ2n) is 7.54. The molecule has 0 unspecified atom stereocenters. The Kier molecular flexibility index (Phi) is 5.77. The monoisotopic (exact) mass is 440 g/mol. The van der Waals surface area contributed by atoms with E-state index in [1.165, 1.54) is 22.2 Å². The Bertz CT molecular complexity index is 1220. The molecule has 9 heteroatoms. The Hall–Kier alpha value is -3.20. The molecule has 0 aliphatic carbocycles. The second-order valence-corrected chi connectivity index (χ2v) is 8.53. The predicted octanol–water partition coefficient (Wildman–Crippen LogP) is 2.30. The number of aryl methyl sites for hydroxylation is 2. The molecule has 1 fully saturated rings. The molecule has 2 aromatic heterocycles. The fraction of sp³-hybridized carbons (Fsp3) is 0.364. The van der Waals surface area contributed by atoms with Gasteiger partial charge in [-0.3, -0.25) is 14.4 Å². The van der Waals surface area contributed by atoms with Gasteiger partial charge in [-0.15, -0.1) is 11.3 Å². The molecule has 4 rings (SSSR count). The minimum atomic E-state index is -0.151. The van der Waals surface area contributed by atoms with E-state index in [9.17, 15) is 14.4 Å². The lowest BCUT2D eigenvalue weighted by Gasteiger charge is -2.22. The molecular weight excluding hydrogens is 416 g/mol. The van der Waals surface area contributed by atoms with Crippen LogP contribution in [0.2, 0.25) is 0 Å². The van der Waals surface area contributed by atoms with Crippen LogP contribution < -0.4 is 10.3 Å². The van der Waals surface area contributed by atoms with Crippen molar-refractivity contribution in [3.63, 3.8) is 0 Å². The minimum Gasteiger partial charge on any atom is -0.496 e. The van der Waals surface area contributed by atoms with Crippen molar-refractivity contribution in [1.82, 2.24) is 19.4 Å². The Balaban J connectivity index is 1.54. The van der Waals surface area contributed by atoms with Crippen LogP contribution in [0.15, 0.2) is 35.4 Å². The summed E-state index contributed by atoms with van der Waals surface area (Å²) >= 11 is 1.25. The van der Waals surface area contributed by atoms with E-state index in [2.05, 4.69) is 4.98 Å². The zero-order valence-corrected chi connectivity index (χ0v) is 18.6. The average molecular weight is 441 g/mol. The number of rotatable bonds is 3. The first-order valence-electron chi connectivity index (χ1n) is 10.1. The number of aromatic nitrogens is 2. The second kappa shape index (κ2) is 8.50. The number of methoxy groups -OCH3 is 1. The maximum Gasteiger partial charge on any atom is 0.264 e. The number of fused-ring (bicyclic) bond motifs is 1. The summed E-state index contributed by atoms with van der Waals surface area (Å²) in [5, 5.41) is 0.501. The summed E-state index contributed by atoms with van der Waals surface area (Å²) in [6.07, 6.45) is 2.15. The fourth-order valence-electron chi connectivity index (χ4n) is 3.87. The molecule has 0 N–H and O–H groups in total. The molecule has 8 nitrogen and oxygen atoms in total. The van der Waals surface area contributed by atoms with Crippen molar-refractivity contribution >= 4 is 33.4 Å². The van der Waals surface area contributed by atoms with E-state index in [0.717, 1.165) is 0 Å². The van der Waals surface area contributed by atoms with Crippen molar-refractivity contribution in [2.75, 3.05) is 33.3 Å². The highest BCUT2D eigenvalue weighted by Gasteiger charge is 2.27. The minimum absolute atomic E-state index is 0.0995. The van der Waals surface area contributed by atoms with E-state index in [-0.39, 0.29) is 17.4 Å². The van der Waals surface area contributed by atoms with Gasteiger partial charge in [-0.2, -0.15) is 0 Å². The third-order valence-corrected chi connectivity index (χ3v) is 6.80. The lowest BCUT2D eigenvalue weighted by molar-refractivity contribution is 0.0719. The number of benzene rings is 1. The summed E-state index contributed by atoms with van der Waals surface area (Å²) in [6.45, 7) is 3.78. The zero-order chi connectivity index (χ0) is 22.1. The first-order valence-corrected chi connectivity index (χ1v) is 10.9. The summed E-state index contributed by atoms with van der Waals surface area (Å²) in [4.78, 5) is 47.7. The maximum absolute atomic E-state index is 13.3. The summed E-state index contributed by atoms with van der Waals surface area (Å²) in [7, 11) is 3.19. The van der Waals surface area contributed by atoms with E-state index < -0.39 is 0 Å². The average Bonchev–Trinajstić information content (AvgIpc) is 2.96. The summed E-state index contributed by atoms with van der Waals surface area (Å²) in [5.74, 6) is 0.325. The molecule has 31 heavy (non-hydrogen) atoms. The Labute approximate surface area is 183 Å². The van der Waals surface area contributed by atoms with Crippen molar-refractivity contribution in [2.45, 2.75) is 13.3 Å². The molecular formula is C22H24N4O4S. The van der Waals surface area contributed by atoms with E-state index in [0.29, 0.717) is 64.6 Å². The van der Waals surface area contributed by atoms with Crippen LogP contribution in [-0.2, 0) is 7.05 Å². The first kappa shape index (κ1) is 21.0. The number of amides is 2. The number of para-hydroxylation sites is 1. The van der Waals surface area contributed by atoms with Crippen LogP contribution in [0, 0.1) is 6.92 Å².